The summed E-state index contributed by atoms with van der Waals surface area (Å²) in [4.78, 5) is 23.6. The Morgan fingerprint density at radius 3 is 2.65 bits per heavy atom. The topological polar surface area (TPSA) is 81.4 Å². The summed E-state index contributed by atoms with van der Waals surface area (Å²) in [6.07, 6.45) is 2.47. The van der Waals surface area contributed by atoms with Gasteiger partial charge in [0.25, 0.3) is 0 Å². The molecule has 6 heteroatoms. The van der Waals surface area contributed by atoms with E-state index in [4.69, 9.17) is 5.73 Å². The molecule has 0 heterocycles. The number of amides is 1. The van der Waals surface area contributed by atoms with Crippen LogP contribution in [0.15, 0.2) is 18.2 Å². The van der Waals surface area contributed by atoms with Crippen molar-refractivity contribution in [1.82, 2.24) is 0 Å². The smallest absolute Gasteiger partial charge is 0.340 e. The number of hydrogen-bond acceptors (Lipinski definition) is 4. The molecule has 3 N–H and O–H groups in total. The van der Waals surface area contributed by atoms with Gasteiger partial charge in [-0.25, -0.2) is 9.18 Å². The van der Waals surface area contributed by atoms with Gasteiger partial charge in [-0.1, -0.05) is 6.42 Å². The van der Waals surface area contributed by atoms with E-state index < -0.39 is 17.2 Å². The molecule has 0 spiro atoms. The Kier molecular flexibility index (Phi) is 4.04. The van der Waals surface area contributed by atoms with Gasteiger partial charge in [0.2, 0.25) is 5.91 Å². The molecule has 0 saturated heterocycles. The molecule has 0 atom stereocenters. The van der Waals surface area contributed by atoms with Crippen LogP contribution in [0.3, 0.4) is 0 Å². The van der Waals surface area contributed by atoms with Crippen LogP contribution in [0, 0.1) is 11.2 Å². The Morgan fingerprint density at radius 1 is 1.45 bits per heavy atom. The van der Waals surface area contributed by atoms with Gasteiger partial charge in [0.05, 0.1) is 18.1 Å². The zero-order valence-electron chi connectivity index (χ0n) is 11.2. The fraction of sp³-hybridized carbons (Fsp3) is 0.429. The average molecular weight is 280 g/mol. The summed E-state index contributed by atoms with van der Waals surface area (Å²) in [5.41, 5.74) is 5.27. The SMILES string of the molecule is COC(=O)c1cc(NC(=O)C2(CN)CCC2)ccc1F. The fourth-order valence-electron chi connectivity index (χ4n) is 2.26. The Morgan fingerprint density at radius 2 is 2.15 bits per heavy atom. The van der Waals surface area contributed by atoms with Crippen LogP contribution in [0.1, 0.15) is 29.6 Å². The zero-order valence-corrected chi connectivity index (χ0v) is 11.2. The standard InChI is InChI=1S/C14H17FN2O3/c1-20-12(18)10-7-9(3-4-11(10)15)17-13(19)14(8-16)5-2-6-14/h3-4,7H,2,5-6,8,16H2,1H3,(H,17,19). The highest BCUT2D eigenvalue weighted by molar-refractivity contribution is 5.98. The molecule has 0 aliphatic heterocycles. The molecule has 1 aliphatic carbocycles. The summed E-state index contributed by atoms with van der Waals surface area (Å²) < 4.78 is 18.0. The number of rotatable bonds is 4. The van der Waals surface area contributed by atoms with Crippen molar-refractivity contribution in [3.05, 3.63) is 29.6 Å². The van der Waals surface area contributed by atoms with Crippen LogP contribution in [0.2, 0.25) is 0 Å². The molecule has 5 nitrogen and oxygen atoms in total. The first-order valence-corrected chi connectivity index (χ1v) is 6.42. The normalized spacial score (nSPS) is 16.1. The molecule has 1 amide bonds. The lowest BCUT2D eigenvalue weighted by atomic mass is 9.68. The highest BCUT2D eigenvalue weighted by atomic mass is 19.1. The zero-order chi connectivity index (χ0) is 14.8. The third-order valence-corrected chi connectivity index (χ3v) is 3.81. The Balaban J connectivity index is 2.18. The maximum absolute atomic E-state index is 13.5. The van der Waals surface area contributed by atoms with Gasteiger partial charge in [0.1, 0.15) is 5.82 Å². The Bertz CT molecular complexity index is 536. The van der Waals surface area contributed by atoms with E-state index in [-0.39, 0.29) is 18.0 Å². The first-order valence-electron chi connectivity index (χ1n) is 6.42. The van der Waals surface area contributed by atoms with Gasteiger partial charge in [-0.05, 0) is 31.0 Å². The minimum absolute atomic E-state index is 0.186. The minimum atomic E-state index is -0.782. The number of methoxy groups -OCH3 is 1. The van der Waals surface area contributed by atoms with Crippen molar-refractivity contribution in [3.63, 3.8) is 0 Å². The molecule has 1 aliphatic rings. The number of carbonyl (C=O) groups is 2. The molecular weight excluding hydrogens is 263 g/mol. The number of nitrogens with two attached hydrogens (primary N) is 1. The lowest BCUT2D eigenvalue weighted by Crippen LogP contribution is -2.47. The molecule has 2 rings (SSSR count). The van der Waals surface area contributed by atoms with Crippen LogP contribution in [0.4, 0.5) is 10.1 Å². The molecule has 0 radical (unpaired) electrons. The van der Waals surface area contributed by atoms with E-state index in [9.17, 15) is 14.0 Å². The van der Waals surface area contributed by atoms with Crippen LogP contribution in [0.25, 0.3) is 0 Å². The maximum Gasteiger partial charge on any atom is 0.340 e. The summed E-state index contributed by atoms with van der Waals surface area (Å²) in [5.74, 6) is -1.66. The molecule has 1 saturated carbocycles. The summed E-state index contributed by atoms with van der Waals surface area (Å²) in [5, 5.41) is 2.69. The molecule has 0 bridgehead atoms. The van der Waals surface area contributed by atoms with Gasteiger partial charge in [-0.3, -0.25) is 4.79 Å². The van der Waals surface area contributed by atoms with Crippen molar-refractivity contribution in [3.8, 4) is 0 Å². The van der Waals surface area contributed by atoms with Gasteiger partial charge < -0.3 is 15.8 Å². The number of halogens is 1. The van der Waals surface area contributed by atoms with Crippen molar-refractivity contribution in [2.45, 2.75) is 19.3 Å². The van der Waals surface area contributed by atoms with Crippen LogP contribution in [-0.2, 0) is 9.53 Å². The van der Waals surface area contributed by atoms with Crippen LogP contribution < -0.4 is 11.1 Å². The molecule has 1 aromatic rings. The molecular formula is C14H17FN2O3. The van der Waals surface area contributed by atoms with E-state index in [1.165, 1.54) is 19.2 Å². The summed E-state index contributed by atoms with van der Waals surface area (Å²) >= 11 is 0. The lowest BCUT2D eigenvalue weighted by Gasteiger charge is -2.39. The predicted octanol–water partition coefficient (Wildman–Crippen LogP) is 1.68. The van der Waals surface area contributed by atoms with Gasteiger partial charge in [-0.2, -0.15) is 0 Å². The molecule has 1 aromatic carbocycles. The van der Waals surface area contributed by atoms with Crippen molar-refractivity contribution in [2.75, 3.05) is 19.0 Å². The van der Waals surface area contributed by atoms with Crippen molar-refractivity contribution in [1.29, 1.82) is 0 Å². The second-order valence-electron chi connectivity index (χ2n) is 4.98. The predicted molar refractivity (Wildman–Crippen MR) is 71.7 cm³/mol. The summed E-state index contributed by atoms with van der Waals surface area (Å²) in [6, 6.07) is 3.79. The molecule has 108 valence electrons. The van der Waals surface area contributed by atoms with E-state index >= 15 is 0 Å². The second kappa shape index (κ2) is 5.58. The van der Waals surface area contributed by atoms with E-state index in [2.05, 4.69) is 10.1 Å². The highest BCUT2D eigenvalue weighted by Gasteiger charge is 2.42. The van der Waals surface area contributed by atoms with E-state index in [0.29, 0.717) is 5.69 Å². The summed E-state index contributed by atoms with van der Waals surface area (Å²) in [7, 11) is 1.17. The van der Waals surface area contributed by atoms with Crippen LogP contribution >= 0.6 is 0 Å². The van der Waals surface area contributed by atoms with Gasteiger partial charge in [0, 0.05) is 12.2 Å². The highest BCUT2D eigenvalue weighted by Crippen LogP contribution is 2.40. The van der Waals surface area contributed by atoms with Crippen LogP contribution in [-0.4, -0.2) is 25.5 Å². The number of benzene rings is 1. The number of hydrogen-bond donors (Lipinski definition) is 2. The number of carbonyl (C=O) groups excluding carboxylic acids is 2. The Labute approximate surface area is 116 Å². The number of nitrogens with one attached hydrogen (secondary N) is 1. The maximum atomic E-state index is 13.5. The van der Waals surface area contributed by atoms with E-state index in [0.717, 1.165) is 25.3 Å². The van der Waals surface area contributed by atoms with Gasteiger partial charge in [-0.15, -0.1) is 0 Å². The third-order valence-electron chi connectivity index (χ3n) is 3.81. The second-order valence-corrected chi connectivity index (χ2v) is 4.98. The Hall–Kier alpha value is -1.95. The van der Waals surface area contributed by atoms with Crippen molar-refractivity contribution in [2.24, 2.45) is 11.1 Å². The number of ether oxygens (including phenoxy) is 1. The number of anilines is 1. The summed E-state index contributed by atoms with van der Waals surface area (Å²) in [6.45, 7) is 0.282. The molecule has 0 unspecified atom stereocenters. The van der Waals surface area contributed by atoms with Gasteiger partial charge >= 0.3 is 5.97 Å². The van der Waals surface area contributed by atoms with Crippen LogP contribution in [0.5, 0.6) is 0 Å². The monoisotopic (exact) mass is 280 g/mol. The third kappa shape index (κ3) is 2.51. The molecule has 20 heavy (non-hydrogen) atoms. The van der Waals surface area contributed by atoms with Crippen molar-refractivity contribution < 1.29 is 18.7 Å². The number of esters is 1. The average Bonchev–Trinajstić information content (AvgIpc) is 2.39. The molecule has 0 aromatic heterocycles. The quantitative estimate of drug-likeness (QED) is 0.822. The first kappa shape index (κ1) is 14.5. The van der Waals surface area contributed by atoms with E-state index in [1.54, 1.807) is 0 Å². The van der Waals surface area contributed by atoms with Gasteiger partial charge in [0.15, 0.2) is 0 Å². The fourth-order valence-corrected chi connectivity index (χ4v) is 2.26. The lowest BCUT2D eigenvalue weighted by molar-refractivity contribution is -0.129. The van der Waals surface area contributed by atoms with E-state index in [1.807, 2.05) is 0 Å². The minimum Gasteiger partial charge on any atom is -0.465 e. The molecule has 1 fully saturated rings. The largest absolute Gasteiger partial charge is 0.465 e. The van der Waals surface area contributed by atoms with Crippen molar-refractivity contribution >= 4 is 17.6 Å². The first-order chi connectivity index (χ1) is 9.52.